The van der Waals surface area contributed by atoms with Gasteiger partial charge in [0.15, 0.2) is 0 Å². The first-order valence-corrected chi connectivity index (χ1v) is 2.14. The maximum Gasteiger partial charge on any atom is 0.335 e. The SMILES string of the molecule is COCCON[C]=O. The van der Waals surface area contributed by atoms with E-state index in [1.807, 2.05) is 5.48 Å². The summed E-state index contributed by atoms with van der Waals surface area (Å²) >= 11 is 0. The second-order valence-electron chi connectivity index (χ2n) is 1.05. The van der Waals surface area contributed by atoms with Crippen molar-refractivity contribution in [2.45, 2.75) is 0 Å². The van der Waals surface area contributed by atoms with Crippen molar-refractivity contribution in [2.24, 2.45) is 0 Å². The fraction of sp³-hybridized carbons (Fsp3) is 0.750. The Labute approximate surface area is 47.7 Å². The summed E-state index contributed by atoms with van der Waals surface area (Å²) in [4.78, 5) is 13.8. The van der Waals surface area contributed by atoms with Crippen LogP contribution in [0.4, 0.5) is 0 Å². The van der Waals surface area contributed by atoms with E-state index in [1.54, 1.807) is 7.11 Å². The first kappa shape index (κ1) is 7.39. The molecule has 0 fully saturated rings. The third-order valence-corrected chi connectivity index (χ3v) is 0.503. The molecule has 1 N–H and O–H groups in total. The number of methoxy groups -OCH3 is 1. The van der Waals surface area contributed by atoms with E-state index in [-0.39, 0.29) is 0 Å². The molecule has 0 aromatic heterocycles. The van der Waals surface area contributed by atoms with Gasteiger partial charge in [-0.2, -0.15) is 0 Å². The minimum Gasteiger partial charge on any atom is -0.382 e. The molecule has 0 saturated heterocycles. The van der Waals surface area contributed by atoms with Crippen LogP contribution in [-0.4, -0.2) is 26.7 Å². The van der Waals surface area contributed by atoms with Gasteiger partial charge in [0.1, 0.15) is 0 Å². The van der Waals surface area contributed by atoms with Crippen molar-refractivity contribution in [3.05, 3.63) is 0 Å². The Morgan fingerprint density at radius 1 is 1.62 bits per heavy atom. The number of hydrogen-bond donors (Lipinski definition) is 1. The van der Waals surface area contributed by atoms with Crippen molar-refractivity contribution < 1.29 is 14.4 Å². The van der Waals surface area contributed by atoms with Crippen LogP contribution in [0.15, 0.2) is 0 Å². The van der Waals surface area contributed by atoms with E-state index in [0.717, 1.165) is 0 Å². The topological polar surface area (TPSA) is 47.6 Å². The number of nitrogens with one attached hydrogen (secondary N) is 1. The molecule has 0 rings (SSSR count). The van der Waals surface area contributed by atoms with Gasteiger partial charge in [0.25, 0.3) is 0 Å². The molecule has 1 radical (unpaired) electrons. The molecule has 1 amide bonds. The van der Waals surface area contributed by atoms with Crippen LogP contribution in [0.1, 0.15) is 0 Å². The summed E-state index contributed by atoms with van der Waals surface area (Å²) in [7, 11) is 1.55. The van der Waals surface area contributed by atoms with E-state index in [4.69, 9.17) is 0 Å². The molecule has 0 aliphatic rings. The number of ether oxygens (including phenoxy) is 1. The molecule has 0 aromatic rings. The van der Waals surface area contributed by atoms with Crippen LogP contribution in [-0.2, 0) is 14.4 Å². The standard InChI is InChI=1S/C4H8NO3/c1-7-2-3-8-5-4-6/h2-3H2,1H3,(H,5,6). The van der Waals surface area contributed by atoms with Gasteiger partial charge >= 0.3 is 6.41 Å². The molecule has 4 heteroatoms. The number of carbonyl (C=O) groups excluding carboxylic acids is 1. The van der Waals surface area contributed by atoms with E-state index < -0.39 is 0 Å². The first-order chi connectivity index (χ1) is 3.91. The predicted octanol–water partition coefficient (Wildman–Crippen LogP) is -0.779. The highest BCUT2D eigenvalue weighted by molar-refractivity contribution is 5.44. The Bertz CT molecular complexity index is 57.2. The lowest BCUT2D eigenvalue weighted by Crippen LogP contribution is -2.14. The monoisotopic (exact) mass is 118 g/mol. The molecule has 0 bridgehead atoms. The summed E-state index contributed by atoms with van der Waals surface area (Å²) < 4.78 is 4.59. The van der Waals surface area contributed by atoms with E-state index in [9.17, 15) is 4.79 Å². The fourth-order valence-corrected chi connectivity index (χ4v) is 0.205. The van der Waals surface area contributed by atoms with Crippen LogP contribution in [0.2, 0.25) is 0 Å². The molecule has 0 unspecified atom stereocenters. The van der Waals surface area contributed by atoms with Gasteiger partial charge in [-0.3, -0.25) is 9.63 Å². The summed E-state index contributed by atoms with van der Waals surface area (Å²) in [5, 5.41) is 0. The maximum absolute atomic E-state index is 9.37. The third kappa shape index (κ3) is 5.39. The lowest BCUT2D eigenvalue weighted by molar-refractivity contribution is 0.0368. The largest absolute Gasteiger partial charge is 0.382 e. The van der Waals surface area contributed by atoms with Gasteiger partial charge in [-0.25, -0.2) is 5.48 Å². The first-order valence-electron chi connectivity index (χ1n) is 2.14. The maximum atomic E-state index is 9.37. The van der Waals surface area contributed by atoms with Crippen molar-refractivity contribution in [1.82, 2.24) is 5.48 Å². The normalized spacial score (nSPS) is 8.62. The lowest BCUT2D eigenvalue weighted by Gasteiger charge is -1.96. The number of hydroxylamine groups is 1. The second kappa shape index (κ2) is 6.39. The molecule has 0 aliphatic carbocycles. The van der Waals surface area contributed by atoms with Gasteiger partial charge in [-0.15, -0.1) is 0 Å². The summed E-state index contributed by atoms with van der Waals surface area (Å²) in [6, 6.07) is 0. The smallest absolute Gasteiger partial charge is 0.335 e. The Balaban J connectivity index is 2.62. The van der Waals surface area contributed by atoms with Crippen molar-refractivity contribution in [3.8, 4) is 0 Å². The predicted molar refractivity (Wildman–Crippen MR) is 26.7 cm³/mol. The van der Waals surface area contributed by atoms with Crippen molar-refractivity contribution in [3.63, 3.8) is 0 Å². The average molecular weight is 118 g/mol. The Morgan fingerprint density at radius 3 is 2.88 bits per heavy atom. The van der Waals surface area contributed by atoms with Crippen molar-refractivity contribution >= 4 is 6.41 Å². The fourth-order valence-electron chi connectivity index (χ4n) is 0.205. The molecule has 8 heavy (non-hydrogen) atoms. The van der Waals surface area contributed by atoms with Crippen LogP contribution < -0.4 is 5.48 Å². The molecule has 47 valence electrons. The highest BCUT2D eigenvalue weighted by Gasteiger charge is 1.81. The van der Waals surface area contributed by atoms with E-state index in [1.165, 1.54) is 6.41 Å². The minimum atomic E-state index is 0.353. The average Bonchev–Trinajstić information content (AvgIpc) is 1.81. The van der Waals surface area contributed by atoms with Gasteiger partial charge in [-0.05, 0) is 0 Å². The molecule has 4 nitrogen and oxygen atoms in total. The van der Waals surface area contributed by atoms with Gasteiger partial charge in [0, 0.05) is 7.11 Å². The zero-order valence-corrected chi connectivity index (χ0v) is 4.64. The summed E-state index contributed by atoms with van der Waals surface area (Å²) in [6.45, 7) is 0.820. The van der Waals surface area contributed by atoms with Gasteiger partial charge in [0.2, 0.25) is 0 Å². The van der Waals surface area contributed by atoms with Crippen LogP contribution in [0, 0.1) is 0 Å². The molecular weight excluding hydrogens is 110 g/mol. The number of rotatable bonds is 5. The Morgan fingerprint density at radius 2 is 2.38 bits per heavy atom. The van der Waals surface area contributed by atoms with Crippen LogP contribution in [0.25, 0.3) is 0 Å². The van der Waals surface area contributed by atoms with Gasteiger partial charge in [0.05, 0.1) is 13.2 Å². The van der Waals surface area contributed by atoms with E-state index in [2.05, 4.69) is 9.57 Å². The molecule has 0 atom stereocenters. The lowest BCUT2D eigenvalue weighted by atomic mass is 10.8. The quantitative estimate of drug-likeness (QED) is 0.292. The molecule has 0 saturated carbocycles. The molecule has 0 aromatic carbocycles. The molecular formula is C4H8NO3. The van der Waals surface area contributed by atoms with Gasteiger partial charge < -0.3 is 4.74 Å². The zero-order valence-electron chi connectivity index (χ0n) is 4.64. The van der Waals surface area contributed by atoms with Crippen LogP contribution in [0.3, 0.4) is 0 Å². The third-order valence-electron chi connectivity index (χ3n) is 0.503. The summed E-state index contributed by atoms with van der Waals surface area (Å²) in [6.07, 6.45) is 1.35. The highest BCUT2D eigenvalue weighted by atomic mass is 16.7. The summed E-state index contributed by atoms with van der Waals surface area (Å²) in [5.41, 5.74) is 1.90. The number of hydrogen-bond acceptors (Lipinski definition) is 3. The van der Waals surface area contributed by atoms with Crippen molar-refractivity contribution in [1.29, 1.82) is 0 Å². The van der Waals surface area contributed by atoms with Crippen LogP contribution >= 0.6 is 0 Å². The van der Waals surface area contributed by atoms with Crippen molar-refractivity contribution in [2.75, 3.05) is 20.3 Å². The van der Waals surface area contributed by atoms with Crippen LogP contribution in [0.5, 0.6) is 0 Å². The molecule has 0 spiro atoms. The Kier molecular flexibility index (Phi) is 5.90. The van der Waals surface area contributed by atoms with Gasteiger partial charge in [-0.1, -0.05) is 0 Å². The zero-order chi connectivity index (χ0) is 6.24. The van der Waals surface area contributed by atoms with E-state index >= 15 is 0 Å². The summed E-state index contributed by atoms with van der Waals surface area (Å²) in [5.74, 6) is 0. The number of amides is 1. The molecule has 0 aliphatic heterocycles. The minimum absolute atomic E-state index is 0.353. The highest BCUT2D eigenvalue weighted by Crippen LogP contribution is 1.66. The second-order valence-corrected chi connectivity index (χ2v) is 1.05. The molecule has 0 heterocycles. The van der Waals surface area contributed by atoms with E-state index in [0.29, 0.717) is 13.2 Å². The Hall–Kier alpha value is -0.610.